The van der Waals surface area contributed by atoms with Gasteiger partial charge in [0.1, 0.15) is 6.54 Å². The molecule has 2 amide bonds. The Morgan fingerprint density at radius 1 is 1.00 bits per heavy atom. The molecule has 0 radical (unpaired) electrons. The average molecular weight is 488 g/mol. The fourth-order valence-electron chi connectivity index (χ4n) is 5.28. The molecule has 1 aliphatic carbocycles. The molecule has 0 saturated heterocycles. The first-order chi connectivity index (χ1) is 17.2. The summed E-state index contributed by atoms with van der Waals surface area (Å²) >= 11 is 0. The first kappa shape index (κ1) is 26.0. The largest absolute Gasteiger partial charge is 0.361 e. The Kier molecular flexibility index (Phi) is 8.17. The lowest BCUT2D eigenvalue weighted by molar-refractivity contribution is -0.142. The molecule has 36 heavy (non-hydrogen) atoms. The van der Waals surface area contributed by atoms with E-state index in [2.05, 4.69) is 56.9 Å². The Morgan fingerprint density at radius 2 is 1.69 bits per heavy atom. The zero-order chi connectivity index (χ0) is 25.7. The van der Waals surface area contributed by atoms with Crippen LogP contribution in [0.5, 0.6) is 0 Å². The maximum Gasteiger partial charge on any atom is 0.242 e. The van der Waals surface area contributed by atoms with E-state index in [4.69, 9.17) is 0 Å². The summed E-state index contributed by atoms with van der Waals surface area (Å²) in [5.41, 5.74) is 3.62. The Morgan fingerprint density at radius 3 is 2.39 bits per heavy atom. The standard InChI is InChI=1S/C31H41N3O2/c1-23(19-31(2,3)4)18-29(35)34(26-14-15-26)22-30(36)33(21-24-10-6-5-7-11-24)17-16-25-20-32-28-13-9-8-12-27(25)28/h5-13,20,23,26,32H,14-19,21-22H2,1-4H3. The van der Waals surface area contributed by atoms with E-state index in [-0.39, 0.29) is 29.8 Å². The maximum atomic E-state index is 13.7. The Balaban J connectivity index is 1.45. The number of rotatable bonds is 11. The highest BCUT2D eigenvalue weighted by Gasteiger charge is 2.35. The lowest BCUT2D eigenvalue weighted by Crippen LogP contribution is -2.44. The van der Waals surface area contributed by atoms with Gasteiger partial charge in [-0.25, -0.2) is 0 Å². The topological polar surface area (TPSA) is 56.4 Å². The van der Waals surface area contributed by atoms with Crippen molar-refractivity contribution in [2.75, 3.05) is 13.1 Å². The van der Waals surface area contributed by atoms with Crippen LogP contribution < -0.4 is 0 Å². The van der Waals surface area contributed by atoms with E-state index in [1.807, 2.05) is 46.3 Å². The quantitative estimate of drug-likeness (QED) is 0.350. The van der Waals surface area contributed by atoms with Gasteiger partial charge in [0.15, 0.2) is 0 Å². The third-order valence-corrected chi connectivity index (χ3v) is 6.99. The highest BCUT2D eigenvalue weighted by atomic mass is 16.2. The Labute approximate surface area is 215 Å². The number of hydrogen-bond acceptors (Lipinski definition) is 2. The fraction of sp³-hybridized carbons (Fsp3) is 0.484. The molecule has 5 heteroatoms. The summed E-state index contributed by atoms with van der Waals surface area (Å²) in [6.45, 7) is 10.1. The minimum absolute atomic E-state index is 0.0300. The van der Waals surface area contributed by atoms with E-state index in [1.54, 1.807) is 0 Å². The van der Waals surface area contributed by atoms with Crippen molar-refractivity contribution in [1.29, 1.82) is 0 Å². The number of fused-ring (bicyclic) bond motifs is 1. The summed E-state index contributed by atoms with van der Waals surface area (Å²) in [4.78, 5) is 34.1. The molecule has 3 aromatic rings. The fourth-order valence-corrected chi connectivity index (χ4v) is 5.28. The Hall–Kier alpha value is -3.08. The summed E-state index contributed by atoms with van der Waals surface area (Å²) in [7, 11) is 0. The molecule has 1 N–H and O–H groups in total. The zero-order valence-corrected chi connectivity index (χ0v) is 22.3. The van der Waals surface area contributed by atoms with Crippen molar-refractivity contribution in [3.63, 3.8) is 0 Å². The van der Waals surface area contributed by atoms with E-state index >= 15 is 0 Å². The van der Waals surface area contributed by atoms with Crippen molar-refractivity contribution >= 4 is 22.7 Å². The second kappa shape index (κ2) is 11.3. The van der Waals surface area contributed by atoms with Crippen LogP contribution in [0, 0.1) is 11.3 Å². The van der Waals surface area contributed by atoms with Crippen molar-refractivity contribution in [3.05, 3.63) is 71.9 Å². The van der Waals surface area contributed by atoms with Crippen LogP contribution in [-0.4, -0.2) is 45.7 Å². The van der Waals surface area contributed by atoms with Gasteiger partial charge in [-0.05, 0) is 54.2 Å². The number of para-hydroxylation sites is 1. The normalized spacial score (nSPS) is 14.6. The zero-order valence-electron chi connectivity index (χ0n) is 22.3. The predicted molar refractivity (Wildman–Crippen MR) is 146 cm³/mol. The van der Waals surface area contributed by atoms with Crippen LogP contribution in [0.15, 0.2) is 60.8 Å². The highest BCUT2D eigenvalue weighted by Crippen LogP contribution is 2.31. The second-order valence-electron chi connectivity index (χ2n) is 11.7. The lowest BCUT2D eigenvalue weighted by atomic mass is 9.84. The lowest BCUT2D eigenvalue weighted by Gasteiger charge is -2.29. The number of aromatic amines is 1. The molecule has 0 spiro atoms. The molecular formula is C31H41N3O2. The molecule has 1 fully saturated rings. The minimum atomic E-state index is 0.0300. The predicted octanol–water partition coefficient (Wildman–Crippen LogP) is 6.19. The number of carbonyl (C=O) groups excluding carboxylic acids is 2. The number of hydrogen-bond donors (Lipinski definition) is 1. The van der Waals surface area contributed by atoms with Crippen LogP contribution in [0.25, 0.3) is 10.9 Å². The number of aromatic nitrogens is 1. The Bertz CT molecular complexity index is 1160. The molecule has 1 aromatic heterocycles. The number of nitrogens with one attached hydrogen (secondary N) is 1. The summed E-state index contributed by atoms with van der Waals surface area (Å²) in [5.74, 6) is 0.456. The van der Waals surface area contributed by atoms with Gasteiger partial charge >= 0.3 is 0 Å². The average Bonchev–Trinajstić information content (AvgIpc) is 3.58. The number of amides is 2. The summed E-state index contributed by atoms with van der Waals surface area (Å²) in [5, 5.41) is 1.20. The van der Waals surface area contributed by atoms with Crippen LogP contribution in [-0.2, 0) is 22.6 Å². The molecule has 5 nitrogen and oxygen atoms in total. The van der Waals surface area contributed by atoms with Gasteiger partial charge in [0, 0.05) is 42.7 Å². The van der Waals surface area contributed by atoms with Crippen molar-refractivity contribution in [1.82, 2.24) is 14.8 Å². The number of benzene rings is 2. The SMILES string of the molecule is CC(CC(=O)N(CC(=O)N(CCc1c[nH]c2ccccc12)Cc1ccccc1)C1CC1)CC(C)(C)C. The molecule has 0 aliphatic heterocycles. The van der Waals surface area contributed by atoms with E-state index in [1.165, 1.54) is 10.9 Å². The number of H-pyrrole nitrogens is 1. The van der Waals surface area contributed by atoms with Gasteiger partial charge in [0.05, 0.1) is 0 Å². The first-order valence-electron chi connectivity index (χ1n) is 13.4. The molecule has 1 unspecified atom stereocenters. The van der Waals surface area contributed by atoms with Crippen LogP contribution in [0.4, 0.5) is 0 Å². The van der Waals surface area contributed by atoms with Crippen LogP contribution in [0.3, 0.4) is 0 Å². The van der Waals surface area contributed by atoms with Crippen molar-refractivity contribution in [3.8, 4) is 0 Å². The molecule has 192 valence electrons. The summed E-state index contributed by atoms with van der Waals surface area (Å²) in [6, 6.07) is 18.6. The molecule has 1 aliphatic rings. The van der Waals surface area contributed by atoms with Crippen molar-refractivity contribution in [2.24, 2.45) is 11.3 Å². The number of nitrogens with zero attached hydrogens (tertiary/aromatic N) is 2. The van der Waals surface area contributed by atoms with Crippen molar-refractivity contribution < 1.29 is 9.59 Å². The number of carbonyl (C=O) groups is 2. The van der Waals surface area contributed by atoms with Crippen LogP contribution in [0.1, 0.15) is 64.5 Å². The smallest absolute Gasteiger partial charge is 0.242 e. The van der Waals surface area contributed by atoms with E-state index in [0.717, 1.165) is 36.8 Å². The third-order valence-electron chi connectivity index (χ3n) is 6.99. The van der Waals surface area contributed by atoms with Crippen LogP contribution >= 0.6 is 0 Å². The van der Waals surface area contributed by atoms with E-state index < -0.39 is 0 Å². The summed E-state index contributed by atoms with van der Waals surface area (Å²) in [6.07, 6.45) is 6.32. The molecule has 1 atom stereocenters. The van der Waals surface area contributed by atoms with Crippen molar-refractivity contribution in [2.45, 2.75) is 72.4 Å². The minimum Gasteiger partial charge on any atom is -0.361 e. The molecule has 1 heterocycles. The van der Waals surface area contributed by atoms with Gasteiger partial charge < -0.3 is 14.8 Å². The van der Waals surface area contributed by atoms with Gasteiger partial charge in [0.25, 0.3) is 0 Å². The van der Waals surface area contributed by atoms with Gasteiger partial charge in [-0.1, -0.05) is 76.2 Å². The van der Waals surface area contributed by atoms with E-state index in [0.29, 0.717) is 25.4 Å². The molecule has 0 bridgehead atoms. The monoisotopic (exact) mass is 487 g/mol. The third kappa shape index (κ3) is 7.22. The van der Waals surface area contributed by atoms with Gasteiger partial charge in [-0.3, -0.25) is 9.59 Å². The molecule has 2 aromatic carbocycles. The van der Waals surface area contributed by atoms with Gasteiger partial charge in [-0.2, -0.15) is 0 Å². The van der Waals surface area contributed by atoms with Gasteiger partial charge in [0.2, 0.25) is 11.8 Å². The maximum absolute atomic E-state index is 13.7. The first-order valence-corrected chi connectivity index (χ1v) is 13.4. The van der Waals surface area contributed by atoms with E-state index in [9.17, 15) is 9.59 Å². The highest BCUT2D eigenvalue weighted by molar-refractivity contribution is 5.86. The molecule has 1 saturated carbocycles. The van der Waals surface area contributed by atoms with Gasteiger partial charge in [-0.15, -0.1) is 0 Å². The van der Waals surface area contributed by atoms with Crippen LogP contribution in [0.2, 0.25) is 0 Å². The molecule has 4 rings (SSSR count). The summed E-state index contributed by atoms with van der Waals surface area (Å²) < 4.78 is 0. The second-order valence-corrected chi connectivity index (χ2v) is 11.7. The molecular weight excluding hydrogens is 446 g/mol.